The molecule has 5 N–H and O–H groups in total. The zero-order valence-corrected chi connectivity index (χ0v) is 26.1. The number of aromatic nitrogens is 3. The number of imidazole rings is 1. The summed E-state index contributed by atoms with van der Waals surface area (Å²) >= 11 is 0. The third-order valence-electron chi connectivity index (χ3n) is 8.54. The number of rotatable bonds is 10. The Kier molecular flexibility index (Phi) is 7.66. The van der Waals surface area contributed by atoms with E-state index in [2.05, 4.69) is 25.7 Å². The summed E-state index contributed by atoms with van der Waals surface area (Å²) in [5.41, 5.74) is 5.31. The molecule has 0 spiro atoms. The molecule has 7 rings (SSSR count). The average molecular weight is 624 g/mol. The number of hydrogen-bond acceptors (Lipinski definition) is 6. The number of nitrogens with one attached hydrogen (secondary N) is 5. The van der Waals surface area contributed by atoms with Crippen molar-refractivity contribution >= 4 is 43.8 Å². The van der Waals surface area contributed by atoms with Gasteiger partial charge in [-0.15, -0.1) is 0 Å². The minimum absolute atomic E-state index is 0.143. The second-order valence-corrected chi connectivity index (χ2v) is 14.2. The number of amides is 2. The van der Waals surface area contributed by atoms with Gasteiger partial charge < -0.3 is 20.9 Å². The Labute approximate surface area is 262 Å². The lowest BCUT2D eigenvalue weighted by molar-refractivity contribution is 0.236. The molecular weight excluding hydrogens is 586 g/mol. The van der Waals surface area contributed by atoms with Crippen LogP contribution in [0.4, 0.5) is 10.7 Å². The Morgan fingerprint density at radius 3 is 2.53 bits per heavy atom. The van der Waals surface area contributed by atoms with Crippen molar-refractivity contribution in [3.8, 4) is 0 Å². The van der Waals surface area contributed by atoms with Crippen LogP contribution in [0.1, 0.15) is 73.5 Å². The predicted octanol–water partition coefficient (Wildman–Crippen LogP) is 6.02. The van der Waals surface area contributed by atoms with Crippen molar-refractivity contribution in [3.63, 3.8) is 0 Å². The number of urea groups is 1. The first kappa shape index (κ1) is 29.2. The van der Waals surface area contributed by atoms with Crippen LogP contribution < -0.4 is 20.7 Å². The molecule has 2 amide bonds. The van der Waals surface area contributed by atoms with Crippen LogP contribution in [0, 0.1) is 5.92 Å². The van der Waals surface area contributed by atoms with Crippen LogP contribution in [0.25, 0.3) is 21.8 Å². The Morgan fingerprint density at radius 2 is 1.78 bits per heavy atom. The first-order chi connectivity index (χ1) is 21.7. The third kappa shape index (κ3) is 6.10. The van der Waals surface area contributed by atoms with Gasteiger partial charge in [0.05, 0.1) is 28.0 Å². The Hall–Kier alpha value is -4.48. The summed E-state index contributed by atoms with van der Waals surface area (Å²) in [6, 6.07) is 20.2. The molecule has 45 heavy (non-hydrogen) atoms. The topological polar surface area (TPSA) is 141 Å². The highest BCUT2D eigenvalue weighted by atomic mass is 32.2. The SMILES string of the molecule is CC(C)CNS(=O)(=O)c1cc2c(c3cnc(C4CC4)cc13)C(Nc1nc3ccccc3[nH]1)CC2NC(=O)NCc1ccccc1. The van der Waals surface area contributed by atoms with Crippen LogP contribution in [0.2, 0.25) is 0 Å². The number of benzene rings is 3. The molecule has 232 valence electrons. The molecule has 10 nitrogen and oxygen atoms in total. The number of pyridine rings is 1. The number of fused-ring (bicyclic) bond motifs is 4. The second-order valence-electron chi connectivity index (χ2n) is 12.5. The number of nitrogens with zero attached hydrogens (tertiary/aromatic N) is 2. The van der Waals surface area contributed by atoms with Gasteiger partial charge >= 0.3 is 6.03 Å². The maximum Gasteiger partial charge on any atom is 0.315 e. The lowest BCUT2D eigenvalue weighted by Gasteiger charge is -2.19. The lowest BCUT2D eigenvalue weighted by atomic mass is 9.98. The molecule has 2 atom stereocenters. The fraction of sp³-hybridized carbons (Fsp3) is 0.324. The van der Waals surface area contributed by atoms with Crippen LogP contribution in [0.5, 0.6) is 0 Å². The van der Waals surface area contributed by atoms with Gasteiger partial charge in [-0.2, -0.15) is 0 Å². The molecule has 2 aliphatic rings. The molecule has 3 aromatic carbocycles. The van der Waals surface area contributed by atoms with E-state index in [9.17, 15) is 13.2 Å². The quantitative estimate of drug-likeness (QED) is 0.129. The van der Waals surface area contributed by atoms with E-state index in [0.29, 0.717) is 36.8 Å². The summed E-state index contributed by atoms with van der Waals surface area (Å²) < 4.78 is 30.5. The smallest absolute Gasteiger partial charge is 0.315 e. The summed E-state index contributed by atoms with van der Waals surface area (Å²) in [4.78, 5) is 26.3. The zero-order chi connectivity index (χ0) is 31.1. The van der Waals surface area contributed by atoms with Gasteiger partial charge in [0, 0.05) is 41.7 Å². The molecule has 0 bridgehead atoms. The van der Waals surface area contributed by atoms with Gasteiger partial charge in [0.25, 0.3) is 0 Å². The summed E-state index contributed by atoms with van der Waals surface area (Å²) in [5, 5.41) is 11.0. The number of sulfonamides is 1. The minimum Gasteiger partial charge on any atom is -0.349 e. The van der Waals surface area contributed by atoms with Gasteiger partial charge in [0.15, 0.2) is 0 Å². The van der Waals surface area contributed by atoms with Crippen LogP contribution in [-0.4, -0.2) is 35.9 Å². The highest BCUT2D eigenvalue weighted by molar-refractivity contribution is 7.89. The molecule has 1 saturated carbocycles. The molecule has 1 fully saturated rings. The Balaban J connectivity index is 1.30. The molecule has 0 radical (unpaired) electrons. The maximum absolute atomic E-state index is 13.8. The first-order valence-electron chi connectivity index (χ1n) is 15.5. The van der Waals surface area contributed by atoms with Crippen molar-refractivity contribution < 1.29 is 13.2 Å². The van der Waals surface area contributed by atoms with E-state index in [4.69, 9.17) is 9.97 Å². The summed E-state index contributed by atoms with van der Waals surface area (Å²) in [5.74, 6) is 1.10. The van der Waals surface area contributed by atoms with Gasteiger partial charge in [-0.05, 0) is 66.1 Å². The van der Waals surface area contributed by atoms with Crippen molar-refractivity contribution in [3.05, 3.63) is 95.3 Å². The third-order valence-corrected chi connectivity index (χ3v) is 10.0. The van der Waals surface area contributed by atoms with Crippen LogP contribution in [0.15, 0.2) is 77.8 Å². The van der Waals surface area contributed by atoms with Crippen LogP contribution in [0.3, 0.4) is 0 Å². The predicted molar refractivity (Wildman–Crippen MR) is 175 cm³/mol. The van der Waals surface area contributed by atoms with Crippen molar-refractivity contribution in [1.82, 2.24) is 30.3 Å². The molecule has 11 heteroatoms. The first-order valence-corrected chi connectivity index (χ1v) is 17.0. The molecule has 2 unspecified atom stereocenters. The molecule has 0 saturated heterocycles. The average Bonchev–Trinajstić information content (AvgIpc) is 3.72. The molecule has 2 heterocycles. The molecule has 2 aliphatic carbocycles. The zero-order valence-electron chi connectivity index (χ0n) is 25.3. The number of carbonyl (C=O) groups excluding carboxylic acids is 1. The number of carbonyl (C=O) groups is 1. The summed E-state index contributed by atoms with van der Waals surface area (Å²) in [6.07, 6.45) is 4.41. The largest absolute Gasteiger partial charge is 0.349 e. The van der Waals surface area contributed by atoms with Gasteiger partial charge in [0.2, 0.25) is 16.0 Å². The fourth-order valence-electron chi connectivity index (χ4n) is 6.12. The van der Waals surface area contributed by atoms with Gasteiger partial charge in [-0.25, -0.2) is 22.9 Å². The van der Waals surface area contributed by atoms with E-state index in [-0.39, 0.29) is 22.9 Å². The monoisotopic (exact) mass is 623 g/mol. The van der Waals surface area contributed by atoms with E-state index >= 15 is 0 Å². The minimum atomic E-state index is -3.86. The number of H-pyrrole nitrogens is 1. The summed E-state index contributed by atoms with van der Waals surface area (Å²) in [7, 11) is -3.86. The number of para-hydroxylation sites is 2. The fourth-order valence-corrected chi connectivity index (χ4v) is 7.57. The van der Waals surface area contributed by atoms with E-state index in [1.165, 1.54) is 0 Å². The molecule has 0 aliphatic heterocycles. The van der Waals surface area contributed by atoms with Gasteiger partial charge in [-0.3, -0.25) is 4.98 Å². The highest BCUT2D eigenvalue weighted by Crippen LogP contribution is 2.47. The van der Waals surface area contributed by atoms with Crippen molar-refractivity contribution in [2.45, 2.75) is 62.6 Å². The number of anilines is 1. The standard InChI is InChI=1S/C34H37N7O3S/c1-20(2)17-37-45(43,44)31-15-24-29(41-34(42)36-18-21-8-4-3-5-9-21)16-30(40-33-38-26-10-6-7-11-27(26)39-33)32(24)25-19-35-28(14-23(25)31)22-12-13-22/h3-11,14-15,19-20,22,29-30,37H,12-13,16-18H2,1-2H3,(H2,36,41,42)(H2,38,39,40). The second kappa shape index (κ2) is 11.8. The lowest BCUT2D eigenvalue weighted by Crippen LogP contribution is -2.37. The number of hydrogen-bond donors (Lipinski definition) is 5. The molecule has 5 aromatic rings. The van der Waals surface area contributed by atoms with Crippen LogP contribution in [-0.2, 0) is 16.6 Å². The number of aromatic amines is 1. The van der Waals surface area contributed by atoms with E-state index in [1.54, 1.807) is 6.07 Å². The normalized spacial score (nSPS) is 17.9. The highest BCUT2D eigenvalue weighted by Gasteiger charge is 2.37. The van der Waals surface area contributed by atoms with Gasteiger partial charge in [-0.1, -0.05) is 56.3 Å². The Morgan fingerprint density at radius 1 is 1.00 bits per heavy atom. The molecule has 2 aromatic heterocycles. The van der Waals surface area contributed by atoms with E-state index in [1.807, 2.05) is 80.7 Å². The Bertz CT molecular complexity index is 1950. The van der Waals surface area contributed by atoms with Gasteiger partial charge in [0.1, 0.15) is 0 Å². The summed E-state index contributed by atoms with van der Waals surface area (Å²) in [6.45, 7) is 4.64. The maximum atomic E-state index is 13.8. The van der Waals surface area contributed by atoms with Crippen LogP contribution >= 0.6 is 0 Å². The molecular formula is C34H37N7O3S. The van der Waals surface area contributed by atoms with E-state index in [0.717, 1.165) is 51.6 Å². The van der Waals surface area contributed by atoms with E-state index < -0.39 is 16.1 Å². The van der Waals surface area contributed by atoms with Crippen molar-refractivity contribution in [1.29, 1.82) is 0 Å². The van der Waals surface area contributed by atoms with Crippen molar-refractivity contribution in [2.24, 2.45) is 5.92 Å². The van der Waals surface area contributed by atoms with Crippen molar-refractivity contribution in [2.75, 3.05) is 11.9 Å².